The van der Waals surface area contributed by atoms with Crippen molar-refractivity contribution in [1.82, 2.24) is 9.80 Å². The number of halogens is 1. The summed E-state index contributed by atoms with van der Waals surface area (Å²) in [7, 11) is 1.83. The minimum atomic E-state index is -0.449. The van der Waals surface area contributed by atoms with E-state index in [1.807, 2.05) is 13.1 Å². The van der Waals surface area contributed by atoms with Gasteiger partial charge in [-0.2, -0.15) is 0 Å². The molecule has 140 valence electrons. The zero-order valence-corrected chi connectivity index (χ0v) is 15.5. The molecule has 0 aromatic heterocycles. The van der Waals surface area contributed by atoms with Crippen LogP contribution in [0.1, 0.15) is 29.6 Å². The zero-order valence-electron chi connectivity index (χ0n) is 15.5. The number of likely N-dealkylation sites (tertiary alicyclic amines) is 2. The normalized spacial score (nSPS) is 22.5. The summed E-state index contributed by atoms with van der Waals surface area (Å²) in [5.74, 6) is -0.335. The lowest BCUT2D eigenvalue weighted by Gasteiger charge is -2.37. The summed E-state index contributed by atoms with van der Waals surface area (Å²) in [4.78, 5) is 29.5. The van der Waals surface area contributed by atoms with Crippen molar-refractivity contribution < 1.29 is 14.0 Å². The molecule has 2 aromatic carbocycles. The number of hydrogen-bond donors (Lipinski definition) is 0. The van der Waals surface area contributed by atoms with E-state index in [2.05, 4.69) is 0 Å². The lowest BCUT2D eigenvalue weighted by Crippen LogP contribution is -2.48. The molecule has 0 N–H and O–H groups in total. The standard InChI is InChI=1S/C22H23FN2O2/c1-24-13-6-11-22(21(24)27)12-14-25(15-22)20(26)18-9-3-2-7-16(18)17-8-4-5-10-19(17)23/h2-5,7-10H,6,11-15H2,1H3/t22-/m1/s1. The van der Waals surface area contributed by atoms with Crippen LogP contribution in [-0.2, 0) is 4.79 Å². The minimum absolute atomic E-state index is 0.133. The lowest BCUT2D eigenvalue weighted by molar-refractivity contribution is -0.143. The van der Waals surface area contributed by atoms with E-state index in [9.17, 15) is 14.0 Å². The summed E-state index contributed by atoms with van der Waals surface area (Å²) in [6, 6.07) is 13.6. The van der Waals surface area contributed by atoms with E-state index in [0.717, 1.165) is 19.4 Å². The monoisotopic (exact) mass is 366 g/mol. The van der Waals surface area contributed by atoms with Crippen molar-refractivity contribution >= 4 is 11.8 Å². The van der Waals surface area contributed by atoms with Gasteiger partial charge in [0.1, 0.15) is 5.82 Å². The van der Waals surface area contributed by atoms with Gasteiger partial charge in [-0.3, -0.25) is 9.59 Å². The lowest BCUT2D eigenvalue weighted by atomic mass is 9.78. The molecule has 2 fully saturated rings. The van der Waals surface area contributed by atoms with Gasteiger partial charge < -0.3 is 9.80 Å². The second-order valence-electron chi connectivity index (χ2n) is 7.61. The van der Waals surface area contributed by atoms with Crippen molar-refractivity contribution in [3.63, 3.8) is 0 Å². The molecule has 1 spiro atoms. The number of benzene rings is 2. The highest BCUT2D eigenvalue weighted by molar-refractivity contribution is 6.01. The average Bonchev–Trinajstić information content (AvgIpc) is 3.11. The molecule has 4 nitrogen and oxygen atoms in total. The van der Waals surface area contributed by atoms with Crippen LogP contribution in [0.25, 0.3) is 11.1 Å². The third kappa shape index (κ3) is 3.01. The van der Waals surface area contributed by atoms with Gasteiger partial charge in [-0.15, -0.1) is 0 Å². The summed E-state index contributed by atoms with van der Waals surface area (Å²) in [5.41, 5.74) is 1.05. The predicted molar refractivity (Wildman–Crippen MR) is 102 cm³/mol. The van der Waals surface area contributed by atoms with Crippen molar-refractivity contribution in [2.24, 2.45) is 5.41 Å². The largest absolute Gasteiger partial charge is 0.345 e. The first-order valence-corrected chi connectivity index (χ1v) is 9.41. The zero-order chi connectivity index (χ0) is 19.0. The number of piperidine rings is 1. The van der Waals surface area contributed by atoms with Gasteiger partial charge in [-0.05, 0) is 37.0 Å². The molecule has 0 saturated carbocycles. The van der Waals surface area contributed by atoms with Crippen LogP contribution in [0.15, 0.2) is 48.5 Å². The molecular formula is C22H23FN2O2. The van der Waals surface area contributed by atoms with Crippen LogP contribution in [-0.4, -0.2) is 48.3 Å². The number of hydrogen-bond acceptors (Lipinski definition) is 2. The Morgan fingerprint density at radius 2 is 1.70 bits per heavy atom. The smallest absolute Gasteiger partial charge is 0.254 e. The second kappa shape index (κ2) is 6.80. The highest BCUT2D eigenvalue weighted by atomic mass is 19.1. The quantitative estimate of drug-likeness (QED) is 0.815. The van der Waals surface area contributed by atoms with E-state index in [4.69, 9.17) is 0 Å². The Morgan fingerprint density at radius 3 is 2.48 bits per heavy atom. The Balaban J connectivity index is 1.64. The predicted octanol–water partition coefficient (Wildman–Crippen LogP) is 3.58. The van der Waals surface area contributed by atoms with E-state index < -0.39 is 5.41 Å². The Bertz CT molecular complexity index is 897. The third-order valence-electron chi connectivity index (χ3n) is 5.91. The molecule has 0 radical (unpaired) electrons. The summed E-state index contributed by atoms with van der Waals surface area (Å²) in [6.07, 6.45) is 2.49. The van der Waals surface area contributed by atoms with Gasteiger partial charge in [-0.25, -0.2) is 4.39 Å². The molecular weight excluding hydrogens is 343 g/mol. The maximum atomic E-state index is 14.3. The maximum absolute atomic E-state index is 14.3. The molecule has 2 heterocycles. The SMILES string of the molecule is CN1CCC[C@]2(CCN(C(=O)c3ccccc3-c3ccccc3F)C2)C1=O. The first-order valence-electron chi connectivity index (χ1n) is 9.41. The molecule has 27 heavy (non-hydrogen) atoms. The number of carbonyl (C=O) groups excluding carboxylic acids is 2. The van der Waals surface area contributed by atoms with Crippen molar-refractivity contribution in [3.8, 4) is 11.1 Å². The summed E-state index contributed by atoms with van der Waals surface area (Å²) in [6.45, 7) is 1.79. The van der Waals surface area contributed by atoms with E-state index in [0.29, 0.717) is 36.2 Å². The molecule has 2 aliphatic heterocycles. The highest BCUT2D eigenvalue weighted by Crippen LogP contribution is 2.40. The Labute approximate surface area is 158 Å². The number of rotatable bonds is 2. The van der Waals surface area contributed by atoms with Crippen molar-refractivity contribution in [2.75, 3.05) is 26.7 Å². The number of nitrogens with zero attached hydrogens (tertiary/aromatic N) is 2. The Hall–Kier alpha value is -2.69. The van der Waals surface area contributed by atoms with Crippen LogP contribution in [0.2, 0.25) is 0 Å². The van der Waals surface area contributed by atoms with Gasteiger partial charge >= 0.3 is 0 Å². The van der Waals surface area contributed by atoms with Crippen LogP contribution in [0, 0.1) is 11.2 Å². The molecule has 0 unspecified atom stereocenters. The van der Waals surface area contributed by atoms with Crippen LogP contribution < -0.4 is 0 Å². The fourth-order valence-electron chi connectivity index (χ4n) is 4.45. The van der Waals surface area contributed by atoms with Gasteiger partial charge in [0.25, 0.3) is 5.91 Å². The topological polar surface area (TPSA) is 40.6 Å². The van der Waals surface area contributed by atoms with Crippen LogP contribution >= 0.6 is 0 Å². The summed E-state index contributed by atoms with van der Waals surface area (Å²) in [5, 5.41) is 0. The Kier molecular flexibility index (Phi) is 4.46. The Morgan fingerprint density at radius 1 is 1.00 bits per heavy atom. The van der Waals surface area contributed by atoms with Gasteiger partial charge in [0.05, 0.1) is 5.41 Å². The van der Waals surface area contributed by atoms with E-state index in [-0.39, 0.29) is 17.6 Å². The molecule has 2 amide bonds. The fraction of sp³-hybridized carbons (Fsp3) is 0.364. The van der Waals surface area contributed by atoms with Gasteiger partial charge in [0.15, 0.2) is 0 Å². The number of carbonyl (C=O) groups is 2. The highest BCUT2D eigenvalue weighted by Gasteiger charge is 2.48. The first-order chi connectivity index (χ1) is 13.0. The van der Waals surface area contributed by atoms with E-state index in [1.54, 1.807) is 46.2 Å². The van der Waals surface area contributed by atoms with Gasteiger partial charge in [0.2, 0.25) is 5.91 Å². The van der Waals surface area contributed by atoms with Crippen molar-refractivity contribution in [1.29, 1.82) is 0 Å². The molecule has 4 rings (SSSR count). The molecule has 1 atom stereocenters. The van der Waals surface area contributed by atoms with Crippen molar-refractivity contribution in [2.45, 2.75) is 19.3 Å². The maximum Gasteiger partial charge on any atom is 0.254 e. The van der Waals surface area contributed by atoms with Gasteiger partial charge in [0, 0.05) is 37.8 Å². The summed E-state index contributed by atoms with van der Waals surface area (Å²) < 4.78 is 14.3. The first kappa shape index (κ1) is 17.7. The minimum Gasteiger partial charge on any atom is -0.345 e. The van der Waals surface area contributed by atoms with E-state index in [1.165, 1.54) is 6.07 Å². The third-order valence-corrected chi connectivity index (χ3v) is 5.91. The van der Waals surface area contributed by atoms with Gasteiger partial charge in [-0.1, -0.05) is 36.4 Å². The van der Waals surface area contributed by atoms with E-state index >= 15 is 0 Å². The molecule has 2 saturated heterocycles. The molecule has 0 aliphatic carbocycles. The number of amides is 2. The van der Waals surface area contributed by atoms with Crippen LogP contribution in [0.3, 0.4) is 0 Å². The molecule has 2 aliphatic rings. The van der Waals surface area contributed by atoms with Crippen molar-refractivity contribution in [3.05, 3.63) is 59.9 Å². The van der Waals surface area contributed by atoms with Crippen LogP contribution in [0.5, 0.6) is 0 Å². The molecule has 2 aromatic rings. The van der Waals surface area contributed by atoms with Crippen LogP contribution in [0.4, 0.5) is 4.39 Å². The fourth-order valence-corrected chi connectivity index (χ4v) is 4.45. The molecule has 5 heteroatoms. The summed E-state index contributed by atoms with van der Waals surface area (Å²) >= 11 is 0. The average molecular weight is 366 g/mol. The molecule has 0 bridgehead atoms. The second-order valence-corrected chi connectivity index (χ2v) is 7.61.